The van der Waals surface area contributed by atoms with E-state index >= 15 is 0 Å². The molecule has 1 amide bonds. The van der Waals surface area contributed by atoms with Crippen molar-refractivity contribution in [3.05, 3.63) is 59.7 Å². The second kappa shape index (κ2) is 8.95. The van der Waals surface area contributed by atoms with Gasteiger partial charge in [-0.3, -0.25) is 4.79 Å². The van der Waals surface area contributed by atoms with E-state index in [1.165, 1.54) is 5.56 Å². The fourth-order valence-corrected chi connectivity index (χ4v) is 4.41. The molecule has 2 aromatic carbocycles. The summed E-state index contributed by atoms with van der Waals surface area (Å²) in [5, 5.41) is 7.29. The summed E-state index contributed by atoms with van der Waals surface area (Å²) < 4.78 is 0. The van der Waals surface area contributed by atoms with Gasteiger partial charge in [0.1, 0.15) is 0 Å². The Morgan fingerprint density at radius 2 is 1.93 bits per heavy atom. The average Bonchev–Trinajstić information content (AvgIpc) is 3.09. The standard InChI is InChI=1S/C24H31N3OS/c1-17-12-13-20(15-21(17)27-14-8-11-22(27)28)26-23(29)25-18(2)16-24(3,4)19-9-6-5-7-10-19/h5-7,9-10,12-13,15,18H,8,11,14,16H2,1-4H3,(H2,25,26,29)/t18-/m0/s1. The van der Waals surface area contributed by atoms with Crippen LogP contribution in [0.4, 0.5) is 11.4 Å². The van der Waals surface area contributed by atoms with Crippen molar-refractivity contribution in [3.8, 4) is 0 Å². The first-order valence-corrected chi connectivity index (χ1v) is 10.7. The summed E-state index contributed by atoms with van der Waals surface area (Å²) in [7, 11) is 0. The van der Waals surface area contributed by atoms with Crippen molar-refractivity contribution >= 4 is 34.6 Å². The molecule has 0 aliphatic carbocycles. The van der Waals surface area contributed by atoms with Crippen LogP contribution in [0.15, 0.2) is 48.5 Å². The number of benzene rings is 2. The van der Waals surface area contributed by atoms with Gasteiger partial charge in [0, 0.05) is 30.4 Å². The summed E-state index contributed by atoms with van der Waals surface area (Å²) in [5.74, 6) is 0.197. The number of nitrogens with one attached hydrogen (secondary N) is 2. The minimum Gasteiger partial charge on any atom is -0.360 e. The molecule has 1 aliphatic rings. The zero-order valence-corrected chi connectivity index (χ0v) is 18.6. The van der Waals surface area contributed by atoms with Crippen LogP contribution < -0.4 is 15.5 Å². The van der Waals surface area contributed by atoms with E-state index in [9.17, 15) is 4.79 Å². The molecule has 0 saturated carbocycles. The van der Waals surface area contributed by atoms with Crippen LogP contribution in [0.1, 0.15) is 51.2 Å². The largest absolute Gasteiger partial charge is 0.360 e. The summed E-state index contributed by atoms with van der Waals surface area (Å²) >= 11 is 5.55. The average molecular weight is 410 g/mol. The molecule has 0 unspecified atom stereocenters. The molecule has 4 nitrogen and oxygen atoms in total. The zero-order valence-electron chi connectivity index (χ0n) is 17.8. The van der Waals surface area contributed by atoms with Gasteiger partial charge in [0.15, 0.2) is 5.11 Å². The molecule has 0 radical (unpaired) electrons. The third kappa shape index (κ3) is 5.36. The van der Waals surface area contributed by atoms with Gasteiger partial charge < -0.3 is 15.5 Å². The van der Waals surface area contributed by atoms with Gasteiger partial charge in [-0.25, -0.2) is 0 Å². The van der Waals surface area contributed by atoms with E-state index in [1.807, 2.05) is 36.1 Å². The second-order valence-electron chi connectivity index (χ2n) is 8.60. The molecular weight excluding hydrogens is 378 g/mol. The van der Waals surface area contributed by atoms with E-state index in [2.05, 4.69) is 55.7 Å². The summed E-state index contributed by atoms with van der Waals surface area (Å²) in [6, 6.07) is 16.8. The minimum atomic E-state index is 0.0520. The van der Waals surface area contributed by atoms with Crippen LogP contribution >= 0.6 is 12.2 Å². The summed E-state index contributed by atoms with van der Waals surface area (Å²) in [6.07, 6.45) is 2.51. The van der Waals surface area contributed by atoms with Gasteiger partial charge in [-0.15, -0.1) is 0 Å². The van der Waals surface area contributed by atoms with E-state index < -0.39 is 0 Å². The highest BCUT2D eigenvalue weighted by Crippen LogP contribution is 2.29. The van der Waals surface area contributed by atoms with Crippen LogP contribution in [0.2, 0.25) is 0 Å². The Morgan fingerprint density at radius 1 is 1.21 bits per heavy atom. The Labute approximate surface area is 179 Å². The zero-order chi connectivity index (χ0) is 21.0. The summed E-state index contributed by atoms with van der Waals surface area (Å²) in [4.78, 5) is 14.0. The molecule has 1 fully saturated rings. The first-order valence-electron chi connectivity index (χ1n) is 10.3. The fraction of sp³-hybridized carbons (Fsp3) is 0.417. The van der Waals surface area contributed by atoms with E-state index in [1.54, 1.807) is 0 Å². The molecule has 2 N–H and O–H groups in total. The van der Waals surface area contributed by atoms with Gasteiger partial charge >= 0.3 is 0 Å². The lowest BCUT2D eigenvalue weighted by molar-refractivity contribution is -0.117. The summed E-state index contributed by atoms with van der Waals surface area (Å²) in [6.45, 7) is 9.50. The van der Waals surface area contributed by atoms with Crippen molar-refractivity contribution in [1.82, 2.24) is 5.32 Å². The molecule has 1 atom stereocenters. The van der Waals surface area contributed by atoms with E-state index in [0.29, 0.717) is 11.5 Å². The third-order valence-corrected chi connectivity index (χ3v) is 5.80. The molecule has 1 saturated heterocycles. The molecule has 3 rings (SSSR count). The molecule has 0 bridgehead atoms. The van der Waals surface area contributed by atoms with Gasteiger partial charge in [-0.2, -0.15) is 0 Å². The fourth-order valence-electron chi connectivity index (χ4n) is 4.10. The van der Waals surface area contributed by atoms with Crippen molar-refractivity contribution in [2.75, 3.05) is 16.8 Å². The van der Waals surface area contributed by atoms with Crippen molar-refractivity contribution in [1.29, 1.82) is 0 Å². The van der Waals surface area contributed by atoms with Crippen LogP contribution in [-0.4, -0.2) is 23.6 Å². The Morgan fingerprint density at radius 3 is 2.59 bits per heavy atom. The number of carbonyl (C=O) groups is 1. The monoisotopic (exact) mass is 409 g/mol. The number of hydrogen-bond acceptors (Lipinski definition) is 2. The molecule has 154 valence electrons. The lowest BCUT2D eigenvalue weighted by atomic mass is 9.79. The maximum absolute atomic E-state index is 12.1. The van der Waals surface area contributed by atoms with Crippen LogP contribution in [-0.2, 0) is 10.2 Å². The van der Waals surface area contributed by atoms with Gasteiger partial charge in [0.05, 0.1) is 0 Å². The van der Waals surface area contributed by atoms with E-state index in [-0.39, 0.29) is 17.4 Å². The Balaban J connectivity index is 1.61. The highest BCUT2D eigenvalue weighted by atomic mass is 32.1. The van der Waals surface area contributed by atoms with E-state index in [4.69, 9.17) is 12.2 Å². The highest BCUT2D eigenvalue weighted by Gasteiger charge is 2.24. The van der Waals surface area contributed by atoms with Crippen LogP contribution in [0.5, 0.6) is 0 Å². The van der Waals surface area contributed by atoms with Crippen LogP contribution in [0.25, 0.3) is 0 Å². The molecule has 1 heterocycles. The Bertz CT molecular complexity index is 879. The number of anilines is 2. The smallest absolute Gasteiger partial charge is 0.227 e. The molecule has 0 spiro atoms. The summed E-state index contributed by atoms with van der Waals surface area (Å²) in [5.41, 5.74) is 4.35. The lowest BCUT2D eigenvalue weighted by Gasteiger charge is -2.30. The van der Waals surface area contributed by atoms with Crippen molar-refractivity contribution in [3.63, 3.8) is 0 Å². The molecule has 29 heavy (non-hydrogen) atoms. The predicted molar refractivity (Wildman–Crippen MR) is 126 cm³/mol. The lowest BCUT2D eigenvalue weighted by Crippen LogP contribution is -2.39. The first-order chi connectivity index (χ1) is 13.8. The molecule has 5 heteroatoms. The normalized spacial score (nSPS) is 15.3. The topological polar surface area (TPSA) is 44.4 Å². The predicted octanol–water partition coefficient (Wildman–Crippen LogP) is 5.16. The van der Waals surface area contributed by atoms with Crippen molar-refractivity contribution in [2.24, 2.45) is 0 Å². The molecule has 2 aromatic rings. The third-order valence-electron chi connectivity index (χ3n) is 5.58. The second-order valence-corrected chi connectivity index (χ2v) is 9.01. The van der Waals surface area contributed by atoms with Crippen molar-refractivity contribution in [2.45, 2.75) is 58.4 Å². The molecule has 1 aliphatic heterocycles. The quantitative estimate of drug-likeness (QED) is 0.647. The minimum absolute atomic E-state index is 0.0520. The number of hydrogen-bond donors (Lipinski definition) is 2. The number of thiocarbonyl (C=S) groups is 1. The van der Waals surface area contributed by atoms with Crippen LogP contribution in [0, 0.1) is 6.92 Å². The maximum atomic E-state index is 12.1. The maximum Gasteiger partial charge on any atom is 0.227 e. The van der Waals surface area contributed by atoms with Gasteiger partial charge in [0.2, 0.25) is 5.91 Å². The SMILES string of the molecule is Cc1ccc(NC(=S)N[C@@H](C)CC(C)(C)c2ccccc2)cc1N1CCCC1=O. The number of rotatable bonds is 6. The number of amides is 1. The van der Waals surface area contributed by atoms with Crippen LogP contribution in [0.3, 0.4) is 0 Å². The van der Waals surface area contributed by atoms with Crippen molar-refractivity contribution < 1.29 is 4.79 Å². The number of aryl methyl sites for hydroxylation is 1. The molecular formula is C24H31N3OS. The number of nitrogens with zero attached hydrogens (tertiary/aromatic N) is 1. The highest BCUT2D eigenvalue weighted by molar-refractivity contribution is 7.80. The van der Waals surface area contributed by atoms with E-state index in [0.717, 1.165) is 36.3 Å². The van der Waals surface area contributed by atoms with Gasteiger partial charge in [-0.05, 0) is 67.6 Å². The number of carbonyl (C=O) groups excluding carboxylic acids is 1. The van der Waals surface area contributed by atoms with Gasteiger partial charge in [0.25, 0.3) is 0 Å². The Kier molecular flexibility index (Phi) is 6.58. The Hall–Kier alpha value is -2.40. The van der Waals surface area contributed by atoms with Gasteiger partial charge in [-0.1, -0.05) is 50.2 Å². The first kappa shape index (κ1) is 21.3. The molecule has 0 aromatic heterocycles.